The molecule has 0 spiro atoms. The first kappa shape index (κ1) is 19.6. The number of hydrogen-bond donors (Lipinski definition) is 1. The average Bonchev–Trinajstić information content (AvgIpc) is 3.06. The molecule has 0 fully saturated rings. The molecule has 3 rings (SSSR count). The standard InChI is InChI=1S/C20H17ClFN3O3/c1-3-28-20(27)16-11-23-25(12(16)2)15-7-4-13(5-8-15)19(26)24-14-6-9-18(22)17(21)10-14/h4-11H,3H2,1-2H3,(H,24,26). The first-order chi connectivity index (χ1) is 13.4. The van der Waals surface area contributed by atoms with Gasteiger partial charge in [0.25, 0.3) is 5.91 Å². The molecule has 0 bridgehead atoms. The van der Waals surface area contributed by atoms with E-state index in [4.69, 9.17) is 16.3 Å². The zero-order valence-corrected chi connectivity index (χ0v) is 16.0. The number of hydrogen-bond acceptors (Lipinski definition) is 4. The highest BCUT2D eigenvalue weighted by Gasteiger charge is 2.16. The van der Waals surface area contributed by atoms with Crippen molar-refractivity contribution in [3.8, 4) is 5.69 Å². The molecule has 144 valence electrons. The third kappa shape index (κ3) is 4.04. The first-order valence-corrected chi connectivity index (χ1v) is 8.87. The molecular weight excluding hydrogens is 385 g/mol. The smallest absolute Gasteiger partial charge is 0.341 e. The SMILES string of the molecule is CCOC(=O)c1cnn(-c2ccc(C(=O)Nc3ccc(F)c(Cl)c3)cc2)c1C. The number of nitrogens with one attached hydrogen (secondary N) is 1. The molecule has 0 aliphatic heterocycles. The van der Waals surface area contributed by atoms with Gasteiger partial charge < -0.3 is 10.1 Å². The maximum absolute atomic E-state index is 13.2. The van der Waals surface area contributed by atoms with Crippen LogP contribution in [-0.2, 0) is 4.74 Å². The summed E-state index contributed by atoms with van der Waals surface area (Å²) in [5.74, 6) is -1.35. The van der Waals surface area contributed by atoms with Crippen molar-refractivity contribution in [3.63, 3.8) is 0 Å². The van der Waals surface area contributed by atoms with Crippen LogP contribution in [0, 0.1) is 12.7 Å². The maximum atomic E-state index is 13.2. The summed E-state index contributed by atoms with van der Waals surface area (Å²) in [6.45, 7) is 3.78. The molecule has 8 heteroatoms. The number of esters is 1. The number of halogens is 2. The third-order valence-electron chi connectivity index (χ3n) is 4.06. The van der Waals surface area contributed by atoms with Crippen molar-refractivity contribution in [1.29, 1.82) is 0 Å². The van der Waals surface area contributed by atoms with Crippen molar-refractivity contribution >= 4 is 29.2 Å². The minimum absolute atomic E-state index is 0.0697. The summed E-state index contributed by atoms with van der Waals surface area (Å²) in [6, 6.07) is 10.6. The Labute approximate surface area is 165 Å². The number of ether oxygens (including phenoxy) is 1. The molecule has 28 heavy (non-hydrogen) atoms. The van der Waals surface area contributed by atoms with Gasteiger partial charge in [-0.25, -0.2) is 13.9 Å². The molecule has 1 heterocycles. The summed E-state index contributed by atoms with van der Waals surface area (Å²) < 4.78 is 19.8. The Hall–Kier alpha value is -3.19. The van der Waals surface area contributed by atoms with Gasteiger partial charge in [-0.2, -0.15) is 5.10 Å². The Kier molecular flexibility index (Phi) is 5.75. The number of nitrogens with zero attached hydrogens (tertiary/aromatic N) is 2. The van der Waals surface area contributed by atoms with E-state index in [0.29, 0.717) is 28.2 Å². The van der Waals surface area contributed by atoms with Crippen molar-refractivity contribution in [1.82, 2.24) is 9.78 Å². The van der Waals surface area contributed by atoms with Crippen molar-refractivity contribution in [2.75, 3.05) is 11.9 Å². The van der Waals surface area contributed by atoms with Gasteiger partial charge in [0.15, 0.2) is 0 Å². The van der Waals surface area contributed by atoms with E-state index in [0.717, 1.165) is 0 Å². The highest BCUT2D eigenvalue weighted by atomic mass is 35.5. The van der Waals surface area contributed by atoms with Crippen LogP contribution in [0.4, 0.5) is 10.1 Å². The van der Waals surface area contributed by atoms with Crippen LogP contribution in [0.1, 0.15) is 33.3 Å². The van der Waals surface area contributed by atoms with Crippen LogP contribution in [0.15, 0.2) is 48.7 Å². The molecule has 0 saturated heterocycles. The molecule has 0 aliphatic carbocycles. The summed E-state index contributed by atoms with van der Waals surface area (Å²) in [6.07, 6.45) is 1.45. The number of rotatable bonds is 5. The van der Waals surface area contributed by atoms with Crippen molar-refractivity contribution in [2.45, 2.75) is 13.8 Å². The summed E-state index contributed by atoms with van der Waals surface area (Å²) in [4.78, 5) is 24.3. The van der Waals surface area contributed by atoms with Crippen LogP contribution in [-0.4, -0.2) is 28.3 Å². The minimum atomic E-state index is -0.555. The lowest BCUT2D eigenvalue weighted by atomic mass is 10.2. The predicted octanol–water partition coefficient (Wildman–Crippen LogP) is 4.40. The van der Waals surface area contributed by atoms with Crippen molar-refractivity contribution in [3.05, 3.63) is 76.3 Å². The second-order valence-corrected chi connectivity index (χ2v) is 6.31. The van der Waals surface area contributed by atoms with Gasteiger partial charge in [0.2, 0.25) is 0 Å². The molecule has 0 aliphatic rings. The van der Waals surface area contributed by atoms with Gasteiger partial charge in [-0.15, -0.1) is 0 Å². The summed E-state index contributed by atoms with van der Waals surface area (Å²) in [5.41, 5.74) is 2.50. The largest absolute Gasteiger partial charge is 0.462 e. The van der Waals surface area contributed by atoms with Crippen LogP contribution in [0.25, 0.3) is 5.69 Å². The van der Waals surface area contributed by atoms with Gasteiger partial charge >= 0.3 is 5.97 Å². The van der Waals surface area contributed by atoms with Crippen molar-refractivity contribution in [2.24, 2.45) is 0 Å². The van der Waals surface area contributed by atoms with Gasteiger partial charge in [-0.05, 0) is 56.3 Å². The molecule has 2 aromatic carbocycles. The molecule has 1 aromatic heterocycles. The van der Waals surface area contributed by atoms with Gasteiger partial charge in [-0.1, -0.05) is 11.6 Å². The van der Waals surface area contributed by atoms with Gasteiger partial charge in [0.05, 0.1) is 29.2 Å². The van der Waals surface area contributed by atoms with E-state index < -0.39 is 11.8 Å². The third-order valence-corrected chi connectivity index (χ3v) is 4.35. The Morgan fingerprint density at radius 2 is 1.93 bits per heavy atom. The minimum Gasteiger partial charge on any atom is -0.462 e. The second kappa shape index (κ2) is 8.22. The molecular formula is C20H17ClFN3O3. The predicted molar refractivity (Wildman–Crippen MR) is 104 cm³/mol. The fourth-order valence-corrected chi connectivity index (χ4v) is 2.79. The molecule has 1 amide bonds. The average molecular weight is 402 g/mol. The van der Waals surface area contributed by atoms with E-state index in [1.54, 1.807) is 42.8 Å². The normalized spacial score (nSPS) is 10.6. The van der Waals surface area contributed by atoms with E-state index in [-0.39, 0.29) is 17.5 Å². The van der Waals surface area contributed by atoms with Crippen LogP contribution in [0.5, 0.6) is 0 Å². The molecule has 1 N–H and O–H groups in total. The Bertz CT molecular complexity index is 1030. The zero-order chi connectivity index (χ0) is 20.3. The Morgan fingerprint density at radius 1 is 1.21 bits per heavy atom. The van der Waals surface area contributed by atoms with Crippen LogP contribution in [0.2, 0.25) is 5.02 Å². The number of amides is 1. The van der Waals surface area contributed by atoms with Gasteiger partial charge in [0.1, 0.15) is 11.4 Å². The van der Waals surface area contributed by atoms with Crippen LogP contribution >= 0.6 is 11.6 Å². The second-order valence-electron chi connectivity index (χ2n) is 5.91. The lowest BCUT2D eigenvalue weighted by Gasteiger charge is -2.08. The fraction of sp³-hybridized carbons (Fsp3) is 0.150. The summed E-state index contributed by atoms with van der Waals surface area (Å²) in [7, 11) is 0. The number of carbonyl (C=O) groups is 2. The molecule has 0 saturated carbocycles. The van der Waals surface area contributed by atoms with E-state index in [1.165, 1.54) is 24.4 Å². The molecule has 0 atom stereocenters. The topological polar surface area (TPSA) is 73.2 Å². The monoisotopic (exact) mass is 401 g/mol. The lowest BCUT2D eigenvalue weighted by molar-refractivity contribution is 0.0525. The van der Waals surface area contributed by atoms with E-state index in [2.05, 4.69) is 10.4 Å². The van der Waals surface area contributed by atoms with Gasteiger partial charge in [-0.3, -0.25) is 4.79 Å². The number of anilines is 1. The molecule has 6 nitrogen and oxygen atoms in total. The molecule has 0 radical (unpaired) electrons. The molecule has 0 unspecified atom stereocenters. The highest BCUT2D eigenvalue weighted by molar-refractivity contribution is 6.31. The van der Waals surface area contributed by atoms with E-state index >= 15 is 0 Å². The number of aromatic nitrogens is 2. The molecule has 3 aromatic rings. The Morgan fingerprint density at radius 3 is 2.57 bits per heavy atom. The summed E-state index contributed by atoms with van der Waals surface area (Å²) >= 11 is 5.72. The first-order valence-electron chi connectivity index (χ1n) is 8.49. The van der Waals surface area contributed by atoms with E-state index in [1.807, 2.05) is 0 Å². The van der Waals surface area contributed by atoms with Crippen molar-refractivity contribution < 1.29 is 18.7 Å². The van der Waals surface area contributed by atoms with E-state index in [9.17, 15) is 14.0 Å². The zero-order valence-electron chi connectivity index (χ0n) is 15.2. The van der Waals surface area contributed by atoms with Gasteiger partial charge in [0, 0.05) is 11.3 Å². The highest BCUT2D eigenvalue weighted by Crippen LogP contribution is 2.20. The summed E-state index contributed by atoms with van der Waals surface area (Å²) in [5, 5.41) is 6.80. The van der Waals surface area contributed by atoms with Crippen LogP contribution < -0.4 is 5.32 Å². The maximum Gasteiger partial charge on any atom is 0.341 e. The quantitative estimate of drug-likeness (QED) is 0.643. The number of benzene rings is 2. The fourth-order valence-electron chi connectivity index (χ4n) is 2.61. The lowest BCUT2D eigenvalue weighted by Crippen LogP contribution is -2.12. The Balaban J connectivity index is 1.77. The number of carbonyl (C=O) groups excluding carboxylic acids is 2. The van der Waals surface area contributed by atoms with Crippen LogP contribution in [0.3, 0.4) is 0 Å².